The Labute approximate surface area is 160 Å². The Morgan fingerprint density at radius 3 is 2.78 bits per heavy atom. The van der Waals surface area contributed by atoms with Crippen molar-refractivity contribution in [1.82, 2.24) is 20.5 Å². The second-order valence-electron chi connectivity index (χ2n) is 5.38. The quantitative estimate of drug-likeness (QED) is 0.286. The summed E-state index contributed by atoms with van der Waals surface area (Å²) < 4.78 is 5.36. The SMILES string of the molecule is CN=C(NCCCCN1CCOCC1)NCc1ncc(C)s1.I. The van der Waals surface area contributed by atoms with E-state index < -0.39 is 0 Å². The largest absolute Gasteiger partial charge is 0.379 e. The van der Waals surface area contributed by atoms with E-state index in [1.807, 2.05) is 6.20 Å². The van der Waals surface area contributed by atoms with Crippen molar-refractivity contribution in [1.29, 1.82) is 0 Å². The third-order valence-corrected chi connectivity index (χ3v) is 4.51. The summed E-state index contributed by atoms with van der Waals surface area (Å²) in [5.74, 6) is 0.847. The normalized spacial score (nSPS) is 16.0. The maximum absolute atomic E-state index is 5.36. The number of nitrogens with zero attached hydrogens (tertiary/aromatic N) is 3. The summed E-state index contributed by atoms with van der Waals surface area (Å²) in [5.41, 5.74) is 0. The summed E-state index contributed by atoms with van der Waals surface area (Å²) in [6.07, 6.45) is 4.26. The highest BCUT2D eigenvalue weighted by Gasteiger charge is 2.09. The van der Waals surface area contributed by atoms with E-state index in [1.165, 1.54) is 11.3 Å². The van der Waals surface area contributed by atoms with Crippen molar-refractivity contribution in [3.05, 3.63) is 16.1 Å². The Bertz CT molecular complexity index is 462. The zero-order valence-electron chi connectivity index (χ0n) is 14.0. The van der Waals surface area contributed by atoms with Gasteiger partial charge in [-0.25, -0.2) is 4.98 Å². The summed E-state index contributed by atoms with van der Waals surface area (Å²) in [6.45, 7) is 8.81. The molecule has 6 nitrogen and oxygen atoms in total. The Morgan fingerprint density at radius 2 is 2.13 bits per heavy atom. The zero-order chi connectivity index (χ0) is 15.6. The molecule has 1 aliphatic heterocycles. The molecule has 2 heterocycles. The summed E-state index contributed by atoms with van der Waals surface area (Å²) in [6, 6.07) is 0. The molecule has 2 rings (SSSR count). The van der Waals surface area contributed by atoms with Crippen LogP contribution < -0.4 is 10.6 Å². The molecule has 132 valence electrons. The first-order valence-corrected chi connectivity index (χ1v) is 8.75. The minimum atomic E-state index is 0. The number of thiazole rings is 1. The Kier molecular flexibility index (Phi) is 10.7. The lowest BCUT2D eigenvalue weighted by molar-refractivity contribution is 0.0372. The van der Waals surface area contributed by atoms with Gasteiger partial charge in [0.15, 0.2) is 5.96 Å². The van der Waals surface area contributed by atoms with Crippen LogP contribution in [-0.4, -0.2) is 62.3 Å². The Balaban J connectivity index is 0.00000264. The van der Waals surface area contributed by atoms with Gasteiger partial charge in [0.2, 0.25) is 0 Å². The van der Waals surface area contributed by atoms with E-state index in [4.69, 9.17) is 4.74 Å². The highest BCUT2D eigenvalue weighted by atomic mass is 127. The first-order valence-electron chi connectivity index (χ1n) is 7.94. The summed E-state index contributed by atoms with van der Waals surface area (Å²) in [5, 5.41) is 7.75. The number of unbranched alkanes of at least 4 members (excludes halogenated alkanes) is 1. The lowest BCUT2D eigenvalue weighted by Gasteiger charge is -2.26. The van der Waals surface area contributed by atoms with Crippen LogP contribution in [0.15, 0.2) is 11.2 Å². The predicted molar refractivity (Wildman–Crippen MR) is 107 cm³/mol. The third kappa shape index (κ3) is 8.27. The topological polar surface area (TPSA) is 61.8 Å². The lowest BCUT2D eigenvalue weighted by atomic mass is 10.3. The van der Waals surface area contributed by atoms with Crippen molar-refractivity contribution >= 4 is 41.3 Å². The summed E-state index contributed by atoms with van der Waals surface area (Å²) in [7, 11) is 1.80. The molecule has 1 aromatic heterocycles. The number of hydrogen-bond donors (Lipinski definition) is 2. The molecule has 0 radical (unpaired) electrons. The first-order chi connectivity index (χ1) is 10.8. The Hall–Kier alpha value is -0.450. The van der Waals surface area contributed by atoms with Gasteiger partial charge in [-0.1, -0.05) is 0 Å². The van der Waals surface area contributed by atoms with Gasteiger partial charge < -0.3 is 15.4 Å². The van der Waals surface area contributed by atoms with Gasteiger partial charge in [-0.2, -0.15) is 0 Å². The summed E-state index contributed by atoms with van der Waals surface area (Å²) >= 11 is 1.72. The molecule has 1 fully saturated rings. The van der Waals surface area contributed by atoms with Crippen LogP contribution in [0.4, 0.5) is 0 Å². The van der Waals surface area contributed by atoms with Crippen LogP contribution in [0.2, 0.25) is 0 Å². The van der Waals surface area contributed by atoms with E-state index in [0.717, 1.165) is 63.3 Å². The van der Waals surface area contributed by atoms with Crippen LogP contribution in [-0.2, 0) is 11.3 Å². The molecule has 2 N–H and O–H groups in total. The number of aliphatic imine (C=N–C) groups is 1. The average molecular weight is 453 g/mol. The molecular formula is C15H28IN5OS. The number of halogens is 1. The molecule has 0 unspecified atom stereocenters. The van der Waals surface area contributed by atoms with E-state index in [-0.39, 0.29) is 24.0 Å². The van der Waals surface area contributed by atoms with Crippen molar-refractivity contribution in [2.45, 2.75) is 26.3 Å². The fourth-order valence-electron chi connectivity index (χ4n) is 2.36. The first kappa shape index (κ1) is 20.6. The number of ether oxygens (including phenoxy) is 1. The smallest absolute Gasteiger partial charge is 0.191 e. The molecule has 0 atom stereocenters. The van der Waals surface area contributed by atoms with Crippen molar-refractivity contribution in [3.8, 4) is 0 Å². The minimum absolute atomic E-state index is 0. The van der Waals surface area contributed by atoms with Crippen LogP contribution in [0.25, 0.3) is 0 Å². The lowest BCUT2D eigenvalue weighted by Crippen LogP contribution is -2.38. The van der Waals surface area contributed by atoms with Gasteiger partial charge in [0.1, 0.15) is 5.01 Å². The summed E-state index contributed by atoms with van der Waals surface area (Å²) in [4.78, 5) is 12.3. The van der Waals surface area contributed by atoms with Gasteiger partial charge in [-0.05, 0) is 26.3 Å². The molecule has 1 aromatic rings. The van der Waals surface area contributed by atoms with Crippen LogP contribution in [0.1, 0.15) is 22.7 Å². The fourth-order valence-corrected chi connectivity index (χ4v) is 3.08. The van der Waals surface area contributed by atoms with Gasteiger partial charge in [0.25, 0.3) is 0 Å². The van der Waals surface area contributed by atoms with Gasteiger partial charge in [0.05, 0.1) is 19.8 Å². The molecule has 0 aliphatic carbocycles. The monoisotopic (exact) mass is 453 g/mol. The fraction of sp³-hybridized carbons (Fsp3) is 0.733. The standard InChI is InChI=1S/C15H27N5OS.HI/c1-13-11-18-14(22-13)12-19-15(16-2)17-5-3-4-6-20-7-9-21-10-8-20;/h11H,3-10,12H2,1-2H3,(H2,16,17,19);1H. The van der Waals surface area contributed by atoms with Crippen molar-refractivity contribution in [2.75, 3.05) is 46.4 Å². The number of aromatic nitrogens is 1. The molecule has 0 bridgehead atoms. The molecule has 0 spiro atoms. The molecule has 0 saturated carbocycles. The second kappa shape index (κ2) is 12.0. The number of morpholine rings is 1. The maximum atomic E-state index is 5.36. The van der Waals surface area contributed by atoms with Crippen molar-refractivity contribution in [3.63, 3.8) is 0 Å². The molecule has 0 amide bonds. The van der Waals surface area contributed by atoms with E-state index in [2.05, 4.69) is 32.4 Å². The van der Waals surface area contributed by atoms with Gasteiger partial charge in [-0.15, -0.1) is 35.3 Å². The highest BCUT2D eigenvalue weighted by Crippen LogP contribution is 2.10. The molecule has 23 heavy (non-hydrogen) atoms. The van der Waals surface area contributed by atoms with Crippen LogP contribution in [0, 0.1) is 6.92 Å². The van der Waals surface area contributed by atoms with Crippen molar-refractivity contribution < 1.29 is 4.74 Å². The maximum Gasteiger partial charge on any atom is 0.191 e. The molecule has 8 heteroatoms. The predicted octanol–water partition coefficient (Wildman–Crippen LogP) is 1.85. The van der Waals surface area contributed by atoms with Gasteiger partial charge >= 0.3 is 0 Å². The number of guanidine groups is 1. The van der Waals surface area contributed by atoms with Crippen LogP contribution >= 0.6 is 35.3 Å². The number of nitrogens with one attached hydrogen (secondary N) is 2. The van der Waals surface area contributed by atoms with Crippen LogP contribution in [0.5, 0.6) is 0 Å². The molecule has 1 saturated heterocycles. The second-order valence-corrected chi connectivity index (χ2v) is 6.70. The van der Waals surface area contributed by atoms with Crippen molar-refractivity contribution in [2.24, 2.45) is 4.99 Å². The highest BCUT2D eigenvalue weighted by molar-refractivity contribution is 14.0. The minimum Gasteiger partial charge on any atom is -0.379 e. The number of hydrogen-bond acceptors (Lipinski definition) is 5. The number of aryl methyl sites for hydroxylation is 1. The van der Waals surface area contributed by atoms with E-state index in [1.54, 1.807) is 18.4 Å². The van der Waals surface area contributed by atoms with E-state index in [0.29, 0.717) is 0 Å². The van der Waals surface area contributed by atoms with Gasteiger partial charge in [-0.3, -0.25) is 9.89 Å². The number of rotatable bonds is 7. The molecule has 1 aliphatic rings. The van der Waals surface area contributed by atoms with E-state index in [9.17, 15) is 0 Å². The van der Waals surface area contributed by atoms with E-state index >= 15 is 0 Å². The molecule has 0 aromatic carbocycles. The van der Waals surface area contributed by atoms with Crippen LogP contribution in [0.3, 0.4) is 0 Å². The average Bonchev–Trinajstić information content (AvgIpc) is 2.96. The zero-order valence-corrected chi connectivity index (χ0v) is 17.2. The molecular weight excluding hydrogens is 425 g/mol. The Morgan fingerprint density at radius 1 is 1.35 bits per heavy atom. The third-order valence-electron chi connectivity index (χ3n) is 3.60. The van der Waals surface area contributed by atoms with Gasteiger partial charge in [0, 0.05) is 37.8 Å².